The quantitative estimate of drug-likeness (QED) is 0.669. The average Bonchev–Trinajstić information content (AvgIpc) is 2.81. The Morgan fingerprint density at radius 3 is 2.70 bits per heavy atom. The molecule has 0 spiro atoms. The minimum atomic E-state index is -1.01. The van der Waals surface area contributed by atoms with Crippen molar-refractivity contribution in [2.75, 3.05) is 0 Å². The molecule has 2 rings (SSSR count). The van der Waals surface area contributed by atoms with Crippen LogP contribution >= 0.6 is 11.8 Å². The van der Waals surface area contributed by atoms with Crippen molar-refractivity contribution in [1.82, 2.24) is 15.1 Å². The van der Waals surface area contributed by atoms with E-state index in [2.05, 4.69) is 15.1 Å². The van der Waals surface area contributed by atoms with E-state index in [4.69, 9.17) is 4.52 Å². The highest BCUT2D eigenvalue weighted by Gasteiger charge is 2.18. The van der Waals surface area contributed by atoms with Crippen molar-refractivity contribution >= 4 is 17.7 Å². The van der Waals surface area contributed by atoms with Gasteiger partial charge in [0.1, 0.15) is 22.2 Å². The van der Waals surface area contributed by atoms with Gasteiger partial charge in [0.2, 0.25) is 0 Å². The van der Waals surface area contributed by atoms with Crippen molar-refractivity contribution in [3.8, 4) is 0 Å². The van der Waals surface area contributed by atoms with Crippen LogP contribution in [0.5, 0.6) is 0 Å². The lowest BCUT2D eigenvalue weighted by atomic mass is 10.2. The van der Waals surface area contributed by atoms with Crippen LogP contribution in [0.25, 0.3) is 0 Å². The van der Waals surface area contributed by atoms with Gasteiger partial charge in [0, 0.05) is 12.5 Å². The Hall–Kier alpha value is -1.89. The summed E-state index contributed by atoms with van der Waals surface area (Å²) >= 11 is 1.32. The maximum atomic E-state index is 11.3. The van der Waals surface area contributed by atoms with Gasteiger partial charge in [0.25, 0.3) is 0 Å². The van der Waals surface area contributed by atoms with Crippen LogP contribution in [0.4, 0.5) is 0 Å². The first kappa shape index (κ1) is 14.5. The Labute approximate surface area is 120 Å². The highest BCUT2D eigenvalue weighted by Crippen LogP contribution is 2.26. The Morgan fingerprint density at radius 1 is 1.40 bits per heavy atom. The molecular weight excluding hydrogens is 278 g/mol. The molecule has 0 atom stereocenters. The van der Waals surface area contributed by atoms with E-state index >= 15 is 0 Å². The number of aromatic carboxylic acids is 1. The first-order chi connectivity index (χ1) is 9.51. The van der Waals surface area contributed by atoms with Crippen molar-refractivity contribution in [3.05, 3.63) is 34.6 Å². The molecule has 0 saturated heterocycles. The predicted molar refractivity (Wildman–Crippen MR) is 73.9 cm³/mol. The molecule has 0 radical (unpaired) electrons. The third-order valence-corrected chi connectivity index (χ3v) is 3.66. The fraction of sp³-hybridized carbons (Fsp3) is 0.385. The summed E-state index contributed by atoms with van der Waals surface area (Å²) in [4.78, 5) is 19.8. The molecule has 0 amide bonds. The highest BCUT2D eigenvalue weighted by atomic mass is 32.2. The number of carboxylic acids is 1. The van der Waals surface area contributed by atoms with Crippen molar-refractivity contribution in [2.24, 2.45) is 0 Å². The third-order valence-electron chi connectivity index (χ3n) is 2.66. The molecule has 0 aromatic carbocycles. The van der Waals surface area contributed by atoms with Crippen molar-refractivity contribution in [3.63, 3.8) is 0 Å². The number of hydrogen-bond acceptors (Lipinski definition) is 6. The zero-order valence-corrected chi connectivity index (χ0v) is 12.3. The lowest BCUT2D eigenvalue weighted by molar-refractivity contribution is 0.0690. The smallest absolute Gasteiger partial charge is 0.340 e. The molecule has 2 aromatic rings. The minimum absolute atomic E-state index is 0.156. The predicted octanol–water partition coefficient (Wildman–Crippen LogP) is 2.63. The van der Waals surface area contributed by atoms with Crippen LogP contribution in [0, 0.1) is 13.8 Å². The van der Waals surface area contributed by atoms with E-state index in [-0.39, 0.29) is 5.56 Å². The highest BCUT2D eigenvalue weighted by molar-refractivity contribution is 7.98. The largest absolute Gasteiger partial charge is 0.478 e. The van der Waals surface area contributed by atoms with Gasteiger partial charge in [0.15, 0.2) is 0 Å². The van der Waals surface area contributed by atoms with Gasteiger partial charge in [-0.2, -0.15) is 0 Å². The number of hydrogen-bond donors (Lipinski definition) is 1. The number of thioether (sulfide) groups is 1. The lowest BCUT2D eigenvalue weighted by Gasteiger charge is -2.08. The van der Waals surface area contributed by atoms with Crippen molar-refractivity contribution < 1.29 is 14.4 Å². The number of rotatable bonds is 5. The third kappa shape index (κ3) is 3.16. The van der Waals surface area contributed by atoms with Gasteiger partial charge < -0.3 is 9.63 Å². The molecule has 7 heteroatoms. The van der Waals surface area contributed by atoms with Gasteiger partial charge in [-0.05, 0) is 13.8 Å². The zero-order chi connectivity index (χ0) is 14.7. The van der Waals surface area contributed by atoms with Crippen LogP contribution in [0.3, 0.4) is 0 Å². The second kappa shape index (κ2) is 6.04. The normalized spacial score (nSPS) is 10.8. The summed E-state index contributed by atoms with van der Waals surface area (Å²) in [5, 5.41) is 13.6. The second-order valence-electron chi connectivity index (χ2n) is 4.29. The second-order valence-corrected chi connectivity index (χ2v) is 5.25. The summed E-state index contributed by atoms with van der Waals surface area (Å²) in [5.74, 6) is 0.809. The maximum absolute atomic E-state index is 11.3. The Bertz CT molecular complexity index is 640. The van der Waals surface area contributed by atoms with Gasteiger partial charge in [0.05, 0.1) is 17.1 Å². The lowest BCUT2D eigenvalue weighted by Crippen LogP contribution is -2.09. The number of aromatic nitrogens is 3. The topological polar surface area (TPSA) is 89.1 Å². The van der Waals surface area contributed by atoms with E-state index in [9.17, 15) is 9.90 Å². The van der Waals surface area contributed by atoms with Crippen molar-refractivity contribution in [1.29, 1.82) is 0 Å². The van der Waals surface area contributed by atoms with Crippen LogP contribution in [0.2, 0.25) is 0 Å². The number of nitrogens with zero attached hydrogens (tertiary/aromatic N) is 3. The zero-order valence-electron chi connectivity index (χ0n) is 11.5. The molecule has 1 N–H and O–H groups in total. The van der Waals surface area contributed by atoms with Gasteiger partial charge in [-0.15, -0.1) is 0 Å². The monoisotopic (exact) mass is 293 g/mol. The SMILES string of the molecule is CCc1nc(C)c(C(=O)O)c(SCc2cc(C)no2)n1. The van der Waals surface area contributed by atoms with E-state index in [0.717, 1.165) is 5.69 Å². The molecule has 0 aliphatic carbocycles. The van der Waals surface area contributed by atoms with Crippen LogP contribution in [0.1, 0.15) is 40.3 Å². The van der Waals surface area contributed by atoms with E-state index in [1.54, 1.807) is 6.92 Å². The van der Waals surface area contributed by atoms with E-state index in [1.807, 2.05) is 19.9 Å². The summed E-state index contributed by atoms with van der Waals surface area (Å²) in [6, 6.07) is 1.82. The molecule has 0 fully saturated rings. The molecule has 0 saturated carbocycles. The molecule has 2 heterocycles. The standard InChI is InChI=1S/C13H15N3O3S/c1-4-10-14-8(3)11(13(17)18)12(15-10)20-6-9-5-7(2)16-19-9/h5H,4,6H2,1-3H3,(H,17,18). The average molecular weight is 293 g/mol. The molecule has 0 aliphatic rings. The number of carbonyl (C=O) groups is 1. The van der Waals surface area contributed by atoms with E-state index < -0.39 is 5.97 Å². The van der Waals surface area contributed by atoms with Crippen LogP contribution in [-0.4, -0.2) is 26.2 Å². The van der Waals surface area contributed by atoms with Crippen LogP contribution < -0.4 is 0 Å². The summed E-state index contributed by atoms with van der Waals surface area (Å²) in [5.41, 5.74) is 1.44. The first-order valence-corrected chi connectivity index (χ1v) is 7.15. The fourth-order valence-electron chi connectivity index (χ4n) is 1.73. The van der Waals surface area contributed by atoms with Gasteiger partial charge in [-0.25, -0.2) is 14.8 Å². The molecule has 2 aromatic heterocycles. The summed E-state index contributed by atoms with van der Waals surface area (Å²) in [6.07, 6.45) is 0.662. The van der Waals surface area contributed by atoms with Crippen molar-refractivity contribution in [2.45, 2.75) is 38.0 Å². The summed E-state index contributed by atoms with van der Waals surface area (Å²) in [6.45, 7) is 5.46. The number of aryl methyl sites for hydroxylation is 3. The van der Waals surface area contributed by atoms with E-state index in [0.29, 0.717) is 34.5 Å². The fourth-order valence-corrected chi connectivity index (χ4v) is 2.70. The number of carboxylic acid groups (broad SMARTS) is 1. The molecular formula is C13H15N3O3S. The molecule has 0 unspecified atom stereocenters. The molecule has 0 bridgehead atoms. The first-order valence-electron chi connectivity index (χ1n) is 6.17. The Balaban J connectivity index is 2.28. The summed E-state index contributed by atoms with van der Waals surface area (Å²) in [7, 11) is 0. The Morgan fingerprint density at radius 2 is 2.15 bits per heavy atom. The van der Waals surface area contributed by atoms with Gasteiger partial charge in [-0.3, -0.25) is 0 Å². The molecule has 20 heavy (non-hydrogen) atoms. The minimum Gasteiger partial charge on any atom is -0.478 e. The Kier molecular flexibility index (Phi) is 4.39. The van der Waals surface area contributed by atoms with Gasteiger partial charge >= 0.3 is 5.97 Å². The van der Waals surface area contributed by atoms with Crippen LogP contribution in [0.15, 0.2) is 15.6 Å². The summed E-state index contributed by atoms with van der Waals surface area (Å²) < 4.78 is 5.11. The molecule has 6 nitrogen and oxygen atoms in total. The van der Waals surface area contributed by atoms with Gasteiger partial charge in [-0.1, -0.05) is 23.8 Å². The maximum Gasteiger partial charge on any atom is 0.340 e. The van der Waals surface area contributed by atoms with E-state index in [1.165, 1.54) is 11.8 Å². The molecule has 0 aliphatic heterocycles. The van der Waals surface area contributed by atoms with Crippen LogP contribution in [-0.2, 0) is 12.2 Å². The molecule has 106 valence electrons.